The number of anilines is 1. The summed E-state index contributed by atoms with van der Waals surface area (Å²) in [6, 6.07) is 19.5. The summed E-state index contributed by atoms with van der Waals surface area (Å²) in [4.78, 5) is 14.0. The summed E-state index contributed by atoms with van der Waals surface area (Å²) in [5.74, 6) is -0.0623. The lowest BCUT2D eigenvalue weighted by Gasteiger charge is -2.20. The molecule has 2 rings (SSSR count). The van der Waals surface area contributed by atoms with Crippen molar-refractivity contribution in [2.24, 2.45) is 0 Å². The Kier molecular flexibility index (Phi) is 6.61. The van der Waals surface area contributed by atoms with Crippen LogP contribution in [0.1, 0.15) is 5.56 Å². The monoisotopic (exact) mass is 298 g/mol. The van der Waals surface area contributed by atoms with Gasteiger partial charge in [-0.25, -0.2) is 0 Å². The maximum absolute atomic E-state index is 12.1. The highest BCUT2D eigenvalue weighted by molar-refractivity contribution is 5.92. The molecule has 2 aromatic carbocycles. The van der Waals surface area contributed by atoms with E-state index in [1.54, 1.807) is 0 Å². The average Bonchev–Trinajstić information content (AvgIpc) is 2.55. The minimum atomic E-state index is -0.0623. The van der Waals surface area contributed by atoms with E-state index in [0.717, 1.165) is 18.7 Å². The Labute approximate surface area is 131 Å². The zero-order valence-corrected chi connectivity index (χ0v) is 12.6. The Bertz CT molecular complexity index is 558. The van der Waals surface area contributed by atoms with Crippen LogP contribution in [-0.4, -0.2) is 42.2 Å². The molecule has 0 radical (unpaired) electrons. The van der Waals surface area contributed by atoms with E-state index in [1.165, 1.54) is 5.56 Å². The van der Waals surface area contributed by atoms with Crippen LogP contribution in [0.3, 0.4) is 0 Å². The minimum Gasteiger partial charge on any atom is -0.395 e. The van der Waals surface area contributed by atoms with Gasteiger partial charge in [-0.1, -0.05) is 48.5 Å². The number of nitrogens with one attached hydrogen (secondary N) is 1. The largest absolute Gasteiger partial charge is 0.395 e. The third-order valence-corrected chi connectivity index (χ3v) is 3.40. The first-order valence-corrected chi connectivity index (χ1v) is 7.50. The molecule has 1 amide bonds. The zero-order chi connectivity index (χ0) is 15.6. The van der Waals surface area contributed by atoms with Gasteiger partial charge in [-0.3, -0.25) is 9.69 Å². The second-order valence-electron chi connectivity index (χ2n) is 5.15. The molecule has 2 aromatic rings. The molecule has 0 aliphatic heterocycles. The summed E-state index contributed by atoms with van der Waals surface area (Å²) in [6.45, 7) is 1.57. The van der Waals surface area contributed by atoms with E-state index >= 15 is 0 Å². The highest BCUT2D eigenvalue weighted by atomic mass is 16.3. The molecule has 2 N–H and O–H groups in total. The van der Waals surface area contributed by atoms with Crippen LogP contribution in [0.2, 0.25) is 0 Å². The number of para-hydroxylation sites is 1. The van der Waals surface area contributed by atoms with Crippen LogP contribution in [0.15, 0.2) is 60.7 Å². The summed E-state index contributed by atoms with van der Waals surface area (Å²) in [7, 11) is 0. The van der Waals surface area contributed by atoms with Gasteiger partial charge in [0.1, 0.15) is 0 Å². The van der Waals surface area contributed by atoms with Crippen LogP contribution >= 0.6 is 0 Å². The number of benzene rings is 2. The number of hydrogen-bond donors (Lipinski definition) is 2. The lowest BCUT2D eigenvalue weighted by Crippen LogP contribution is -2.36. The number of carbonyl (C=O) groups is 1. The maximum atomic E-state index is 12.1. The van der Waals surface area contributed by atoms with Gasteiger partial charge in [-0.05, 0) is 24.1 Å². The van der Waals surface area contributed by atoms with E-state index in [9.17, 15) is 4.79 Å². The van der Waals surface area contributed by atoms with Gasteiger partial charge in [0.15, 0.2) is 0 Å². The normalized spacial score (nSPS) is 10.6. The molecule has 0 bridgehead atoms. The van der Waals surface area contributed by atoms with Crippen molar-refractivity contribution in [1.82, 2.24) is 4.90 Å². The Morgan fingerprint density at radius 3 is 2.23 bits per heavy atom. The van der Waals surface area contributed by atoms with Crippen LogP contribution in [0.25, 0.3) is 0 Å². The predicted octanol–water partition coefficient (Wildman–Crippen LogP) is 2.16. The quantitative estimate of drug-likeness (QED) is 0.785. The third kappa shape index (κ3) is 5.68. The SMILES string of the molecule is O=C(CN(CCO)CCc1ccccc1)Nc1ccccc1. The van der Waals surface area contributed by atoms with Crippen LogP contribution < -0.4 is 5.32 Å². The molecule has 22 heavy (non-hydrogen) atoms. The van der Waals surface area contributed by atoms with Crippen molar-refractivity contribution >= 4 is 11.6 Å². The lowest BCUT2D eigenvalue weighted by molar-refractivity contribution is -0.117. The number of aliphatic hydroxyl groups excluding tert-OH is 1. The lowest BCUT2D eigenvalue weighted by atomic mass is 10.1. The Morgan fingerprint density at radius 2 is 1.59 bits per heavy atom. The number of rotatable bonds is 8. The second kappa shape index (κ2) is 8.97. The number of aliphatic hydroxyl groups is 1. The van der Waals surface area contributed by atoms with Crippen LogP contribution in [-0.2, 0) is 11.2 Å². The van der Waals surface area contributed by atoms with Gasteiger partial charge < -0.3 is 10.4 Å². The van der Waals surface area contributed by atoms with Gasteiger partial charge in [-0.2, -0.15) is 0 Å². The van der Waals surface area contributed by atoms with Crippen molar-refractivity contribution in [2.45, 2.75) is 6.42 Å². The van der Waals surface area contributed by atoms with Gasteiger partial charge in [-0.15, -0.1) is 0 Å². The third-order valence-electron chi connectivity index (χ3n) is 3.40. The molecule has 0 aliphatic rings. The second-order valence-corrected chi connectivity index (χ2v) is 5.15. The molecule has 0 saturated carbocycles. The highest BCUT2D eigenvalue weighted by Crippen LogP contribution is 2.06. The summed E-state index contributed by atoms with van der Waals surface area (Å²) in [5.41, 5.74) is 2.02. The van der Waals surface area contributed by atoms with E-state index in [2.05, 4.69) is 17.4 Å². The number of amides is 1. The summed E-state index contributed by atoms with van der Waals surface area (Å²) < 4.78 is 0. The van der Waals surface area contributed by atoms with Gasteiger partial charge >= 0.3 is 0 Å². The maximum Gasteiger partial charge on any atom is 0.238 e. The molecule has 0 fully saturated rings. The molecule has 116 valence electrons. The first-order valence-electron chi connectivity index (χ1n) is 7.50. The smallest absolute Gasteiger partial charge is 0.238 e. The van der Waals surface area contributed by atoms with Gasteiger partial charge in [0.25, 0.3) is 0 Å². The number of hydrogen-bond acceptors (Lipinski definition) is 3. The standard InChI is InChI=1S/C18H22N2O2/c21-14-13-20(12-11-16-7-3-1-4-8-16)15-18(22)19-17-9-5-2-6-10-17/h1-10,21H,11-15H2,(H,19,22). The van der Waals surface area contributed by atoms with Crippen molar-refractivity contribution in [3.05, 3.63) is 66.2 Å². The van der Waals surface area contributed by atoms with E-state index in [4.69, 9.17) is 5.11 Å². The molecular weight excluding hydrogens is 276 g/mol. The van der Waals surface area contributed by atoms with Crippen LogP contribution in [0.4, 0.5) is 5.69 Å². The Hall–Kier alpha value is -2.17. The van der Waals surface area contributed by atoms with Crippen molar-refractivity contribution in [3.8, 4) is 0 Å². The number of carbonyl (C=O) groups excluding carboxylic acids is 1. The molecule has 4 heteroatoms. The summed E-state index contributed by atoms with van der Waals surface area (Å²) in [5, 5.41) is 12.0. The first-order chi connectivity index (χ1) is 10.8. The Morgan fingerprint density at radius 1 is 0.955 bits per heavy atom. The van der Waals surface area contributed by atoms with Crippen LogP contribution in [0, 0.1) is 0 Å². The van der Waals surface area contributed by atoms with E-state index in [-0.39, 0.29) is 19.1 Å². The molecule has 0 atom stereocenters. The summed E-state index contributed by atoms with van der Waals surface area (Å²) in [6.07, 6.45) is 0.861. The van der Waals surface area contributed by atoms with Gasteiger partial charge in [0, 0.05) is 18.8 Å². The van der Waals surface area contributed by atoms with E-state index < -0.39 is 0 Å². The van der Waals surface area contributed by atoms with Crippen molar-refractivity contribution < 1.29 is 9.90 Å². The molecule has 0 aromatic heterocycles. The predicted molar refractivity (Wildman–Crippen MR) is 88.7 cm³/mol. The molecule has 0 heterocycles. The van der Waals surface area contributed by atoms with Gasteiger partial charge in [0.05, 0.1) is 13.2 Å². The fourth-order valence-electron chi connectivity index (χ4n) is 2.27. The number of nitrogens with zero attached hydrogens (tertiary/aromatic N) is 1. The fraction of sp³-hybridized carbons (Fsp3) is 0.278. The van der Waals surface area contributed by atoms with E-state index in [1.807, 2.05) is 53.4 Å². The van der Waals surface area contributed by atoms with Crippen molar-refractivity contribution in [1.29, 1.82) is 0 Å². The molecule has 0 aliphatic carbocycles. The minimum absolute atomic E-state index is 0.0490. The first kappa shape index (κ1) is 16.2. The summed E-state index contributed by atoms with van der Waals surface area (Å²) >= 11 is 0. The molecule has 0 spiro atoms. The Balaban J connectivity index is 1.84. The molecular formula is C18H22N2O2. The molecule has 0 saturated heterocycles. The average molecular weight is 298 g/mol. The van der Waals surface area contributed by atoms with Gasteiger partial charge in [0.2, 0.25) is 5.91 Å². The fourth-order valence-corrected chi connectivity index (χ4v) is 2.27. The topological polar surface area (TPSA) is 52.6 Å². The van der Waals surface area contributed by atoms with Crippen molar-refractivity contribution in [2.75, 3.05) is 31.6 Å². The highest BCUT2D eigenvalue weighted by Gasteiger charge is 2.10. The molecule has 4 nitrogen and oxygen atoms in total. The zero-order valence-electron chi connectivity index (χ0n) is 12.6. The molecule has 0 unspecified atom stereocenters. The van der Waals surface area contributed by atoms with Crippen LogP contribution in [0.5, 0.6) is 0 Å². The van der Waals surface area contributed by atoms with Crippen molar-refractivity contribution in [3.63, 3.8) is 0 Å². The van der Waals surface area contributed by atoms with E-state index in [0.29, 0.717) is 6.54 Å².